The van der Waals surface area contributed by atoms with Crippen molar-refractivity contribution in [3.05, 3.63) is 47.8 Å². The Bertz CT molecular complexity index is 1450. The molecule has 0 atom stereocenters. The van der Waals surface area contributed by atoms with E-state index in [9.17, 15) is 13.2 Å². The number of fused-ring (bicyclic) bond motifs is 1. The zero-order valence-electron chi connectivity index (χ0n) is 22.5. The average Bonchev–Trinajstić information content (AvgIpc) is 3.34. The van der Waals surface area contributed by atoms with Crippen molar-refractivity contribution in [2.24, 2.45) is 10.8 Å². The van der Waals surface area contributed by atoms with Crippen LogP contribution < -0.4 is 10.1 Å². The minimum absolute atomic E-state index is 0.141. The lowest BCUT2D eigenvalue weighted by atomic mass is 9.63. The molecule has 2 aromatic heterocycles. The number of aromatic amines is 1. The van der Waals surface area contributed by atoms with Gasteiger partial charge < -0.3 is 14.6 Å². The third kappa shape index (κ3) is 5.49. The summed E-state index contributed by atoms with van der Waals surface area (Å²) < 4.78 is 44.1. The van der Waals surface area contributed by atoms with Crippen molar-refractivity contribution in [2.45, 2.75) is 73.2 Å². The van der Waals surface area contributed by atoms with Crippen LogP contribution in [-0.4, -0.2) is 31.1 Å². The molecule has 1 aliphatic rings. The maximum Gasteiger partial charge on any atom is 0.573 e. The van der Waals surface area contributed by atoms with Gasteiger partial charge in [-0.3, -0.25) is 5.10 Å². The van der Waals surface area contributed by atoms with Crippen molar-refractivity contribution in [3.63, 3.8) is 0 Å². The summed E-state index contributed by atoms with van der Waals surface area (Å²) in [6, 6.07) is 10.0. The molecule has 5 rings (SSSR count). The molecule has 0 amide bonds. The summed E-state index contributed by atoms with van der Waals surface area (Å²) in [7, 11) is 0. The van der Waals surface area contributed by atoms with Gasteiger partial charge in [0.1, 0.15) is 11.6 Å². The van der Waals surface area contributed by atoms with Gasteiger partial charge in [0.2, 0.25) is 5.95 Å². The van der Waals surface area contributed by atoms with E-state index in [1.54, 1.807) is 12.1 Å². The van der Waals surface area contributed by atoms with Crippen LogP contribution in [0.15, 0.2) is 36.4 Å². The Hall–Kier alpha value is -3.56. The minimum Gasteiger partial charge on any atom is -0.406 e. The van der Waals surface area contributed by atoms with E-state index in [1.165, 1.54) is 12.1 Å². The molecule has 0 unspecified atom stereocenters. The number of benzene rings is 2. The van der Waals surface area contributed by atoms with Gasteiger partial charge in [0, 0.05) is 17.3 Å². The summed E-state index contributed by atoms with van der Waals surface area (Å²) in [4.78, 5) is 9.47. The lowest BCUT2D eigenvalue weighted by Crippen LogP contribution is -2.35. The maximum atomic E-state index is 12.6. The molecule has 1 fully saturated rings. The number of H-pyrrole nitrogens is 1. The van der Waals surface area contributed by atoms with E-state index in [2.05, 4.69) is 63.6 Å². The van der Waals surface area contributed by atoms with E-state index in [0.29, 0.717) is 17.5 Å². The molecule has 1 aliphatic carbocycles. The van der Waals surface area contributed by atoms with E-state index >= 15 is 0 Å². The van der Waals surface area contributed by atoms with Crippen molar-refractivity contribution in [3.8, 4) is 17.1 Å². The van der Waals surface area contributed by atoms with Crippen LogP contribution in [0.1, 0.15) is 64.4 Å². The Labute approximate surface area is 219 Å². The van der Waals surface area contributed by atoms with Crippen LogP contribution in [-0.2, 0) is 0 Å². The Kier molecular flexibility index (Phi) is 6.19. The molecular formula is C28H33F3N6O. The molecule has 1 saturated carbocycles. The van der Waals surface area contributed by atoms with Crippen LogP contribution in [0, 0.1) is 24.7 Å². The molecule has 0 aliphatic heterocycles. The monoisotopic (exact) mass is 526 g/mol. The van der Waals surface area contributed by atoms with Crippen molar-refractivity contribution < 1.29 is 17.9 Å². The van der Waals surface area contributed by atoms with E-state index in [1.807, 2.05) is 19.9 Å². The van der Waals surface area contributed by atoms with Crippen molar-refractivity contribution in [1.82, 2.24) is 24.7 Å². The smallest absolute Gasteiger partial charge is 0.406 e. The number of alkyl halides is 3. The number of hydrogen-bond acceptors (Lipinski definition) is 5. The van der Waals surface area contributed by atoms with E-state index in [4.69, 9.17) is 4.98 Å². The number of halogens is 3. The predicted molar refractivity (Wildman–Crippen MR) is 141 cm³/mol. The SMILES string of the molecule is Cc1nc(-c2cc3nc(Nc4ccc(OC(F)(F)F)cc4)n(C4CC(C)(C)CC(C)(C)C4)c3cc2C)n[nH]1. The van der Waals surface area contributed by atoms with Gasteiger partial charge in [-0.1, -0.05) is 27.7 Å². The normalized spacial score (nSPS) is 17.6. The molecule has 2 N–H and O–H groups in total. The number of rotatable bonds is 5. The van der Waals surface area contributed by atoms with Gasteiger partial charge in [-0.25, -0.2) is 9.97 Å². The molecule has 202 valence electrons. The first-order chi connectivity index (χ1) is 17.7. The Morgan fingerprint density at radius 3 is 2.24 bits per heavy atom. The van der Waals surface area contributed by atoms with Crippen LogP contribution in [0.5, 0.6) is 5.75 Å². The van der Waals surface area contributed by atoms with Gasteiger partial charge in [0.05, 0.1) is 11.0 Å². The van der Waals surface area contributed by atoms with Crippen LogP contribution in [0.4, 0.5) is 24.8 Å². The first-order valence-electron chi connectivity index (χ1n) is 12.7. The molecule has 0 spiro atoms. The third-order valence-electron chi connectivity index (χ3n) is 7.12. The van der Waals surface area contributed by atoms with Crippen molar-refractivity contribution in [1.29, 1.82) is 0 Å². The maximum absolute atomic E-state index is 12.6. The van der Waals surface area contributed by atoms with Gasteiger partial charge >= 0.3 is 6.36 Å². The van der Waals surface area contributed by atoms with Gasteiger partial charge in [0.15, 0.2) is 5.82 Å². The van der Waals surface area contributed by atoms with E-state index in [0.717, 1.165) is 47.2 Å². The number of aromatic nitrogens is 5. The molecule has 2 heterocycles. The Balaban J connectivity index is 1.60. The van der Waals surface area contributed by atoms with Crippen molar-refractivity contribution >= 4 is 22.7 Å². The standard InChI is InChI=1S/C28H33F3N6O/c1-16-11-23-22(12-21(16)24-32-17(2)35-36-24)34-25(33-18-7-9-20(10-8-18)38-28(29,30)31)37(23)19-13-26(3,4)15-27(5,6)14-19/h7-12,19H,13-15H2,1-6H3,(H,33,34)(H,32,35,36). The van der Waals surface area contributed by atoms with Gasteiger partial charge in [-0.15, -0.1) is 13.2 Å². The summed E-state index contributed by atoms with van der Waals surface area (Å²) in [6.45, 7) is 13.1. The number of nitrogens with one attached hydrogen (secondary N) is 2. The lowest BCUT2D eigenvalue weighted by Gasteiger charge is -2.45. The predicted octanol–water partition coefficient (Wildman–Crippen LogP) is 7.86. The number of aryl methyl sites for hydroxylation is 2. The highest BCUT2D eigenvalue weighted by Crippen LogP contribution is 2.51. The fraction of sp³-hybridized carbons (Fsp3) is 0.464. The Morgan fingerprint density at radius 1 is 1.00 bits per heavy atom. The summed E-state index contributed by atoms with van der Waals surface area (Å²) in [6.07, 6.45) is -1.65. The van der Waals surface area contributed by atoms with E-state index in [-0.39, 0.29) is 22.6 Å². The van der Waals surface area contributed by atoms with Gasteiger partial charge in [-0.05, 0) is 85.9 Å². The zero-order chi connectivity index (χ0) is 27.5. The molecule has 7 nitrogen and oxygen atoms in total. The molecule has 0 saturated heterocycles. The number of anilines is 2. The Morgan fingerprint density at radius 2 is 1.66 bits per heavy atom. The number of nitrogens with zero attached hydrogens (tertiary/aromatic N) is 4. The first kappa shape index (κ1) is 26.1. The number of hydrogen-bond donors (Lipinski definition) is 2. The fourth-order valence-electron chi connectivity index (χ4n) is 6.25. The molecule has 38 heavy (non-hydrogen) atoms. The van der Waals surface area contributed by atoms with Crippen LogP contribution >= 0.6 is 0 Å². The molecule has 2 aromatic carbocycles. The summed E-state index contributed by atoms with van der Waals surface area (Å²) in [5, 5.41) is 10.6. The summed E-state index contributed by atoms with van der Waals surface area (Å²) >= 11 is 0. The number of ether oxygens (including phenoxy) is 1. The minimum atomic E-state index is -4.74. The zero-order valence-corrected chi connectivity index (χ0v) is 22.5. The number of imidazole rings is 1. The lowest BCUT2D eigenvalue weighted by molar-refractivity contribution is -0.274. The highest BCUT2D eigenvalue weighted by molar-refractivity contribution is 5.86. The first-order valence-corrected chi connectivity index (χ1v) is 12.7. The fourth-order valence-corrected chi connectivity index (χ4v) is 6.25. The third-order valence-corrected chi connectivity index (χ3v) is 7.12. The van der Waals surface area contributed by atoms with Crippen LogP contribution in [0.2, 0.25) is 0 Å². The second-order valence-electron chi connectivity index (χ2n) is 12.0. The van der Waals surface area contributed by atoms with Crippen molar-refractivity contribution in [2.75, 3.05) is 5.32 Å². The molecule has 0 radical (unpaired) electrons. The largest absolute Gasteiger partial charge is 0.573 e. The summed E-state index contributed by atoms with van der Waals surface area (Å²) in [5.74, 6) is 1.73. The average molecular weight is 527 g/mol. The van der Waals surface area contributed by atoms with Gasteiger partial charge in [-0.2, -0.15) is 5.10 Å². The quantitative estimate of drug-likeness (QED) is 0.277. The van der Waals surface area contributed by atoms with Crippen LogP contribution in [0.3, 0.4) is 0 Å². The highest BCUT2D eigenvalue weighted by atomic mass is 19.4. The molecular weight excluding hydrogens is 493 g/mol. The molecule has 0 bridgehead atoms. The second kappa shape index (κ2) is 9.03. The van der Waals surface area contributed by atoms with E-state index < -0.39 is 6.36 Å². The molecule has 4 aromatic rings. The highest BCUT2D eigenvalue weighted by Gasteiger charge is 2.40. The second-order valence-corrected chi connectivity index (χ2v) is 12.0. The summed E-state index contributed by atoms with van der Waals surface area (Å²) in [5.41, 5.74) is 4.63. The van der Waals surface area contributed by atoms with Crippen LogP contribution in [0.25, 0.3) is 22.4 Å². The molecule has 10 heteroatoms. The topological polar surface area (TPSA) is 80.7 Å². The van der Waals surface area contributed by atoms with Gasteiger partial charge in [0.25, 0.3) is 0 Å².